The summed E-state index contributed by atoms with van der Waals surface area (Å²) in [6.45, 7) is 0. The number of nitrogens with two attached hydrogens (primary N) is 1. The van der Waals surface area contributed by atoms with Crippen LogP contribution in [0.2, 0.25) is 0 Å². The average molecular weight is 441 g/mol. The lowest BCUT2D eigenvalue weighted by atomic mass is 10.3. The Morgan fingerprint density at radius 1 is 1.00 bits per heavy atom. The summed E-state index contributed by atoms with van der Waals surface area (Å²) in [6, 6.07) is 16.0. The maximum Gasteiger partial charge on any atom is 0.238 e. The van der Waals surface area contributed by atoms with Crippen molar-refractivity contribution in [1.29, 1.82) is 0 Å². The molecule has 0 radical (unpaired) electrons. The number of fused-ring (bicyclic) bond motifs is 1. The molecule has 0 aliphatic carbocycles. The van der Waals surface area contributed by atoms with Crippen molar-refractivity contribution in [2.75, 3.05) is 16.9 Å². The largest absolute Gasteiger partial charge is 0.346 e. The molecule has 8 nitrogen and oxygen atoms in total. The molecule has 2 aromatic heterocycles. The Kier molecular flexibility index (Phi) is 5.37. The molecule has 154 valence electrons. The van der Waals surface area contributed by atoms with Crippen molar-refractivity contribution < 1.29 is 8.42 Å². The van der Waals surface area contributed by atoms with Crippen LogP contribution in [-0.2, 0) is 17.1 Å². The van der Waals surface area contributed by atoms with E-state index in [1.165, 1.54) is 12.1 Å². The van der Waals surface area contributed by atoms with E-state index in [1.54, 1.807) is 23.9 Å². The Morgan fingerprint density at radius 2 is 1.73 bits per heavy atom. The molecule has 2 aromatic carbocycles. The first-order valence-corrected chi connectivity index (χ1v) is 11.8. The zero-order valence-electron chi connectivity index (χ0n) is 16.3. The van der Waals surface area contributed by atoms with Crippen LogP contribution >= 0.6 is 11.8 Å². The standard InChI is InChI=1S/C20H20N6O2S2/c1-26-12-11-16-18(26)19(23-15-5-3-4-6-17(15)29-2)25-20(24-16)22-13-7-9-14(10-8-13)30(21,27)28/h3-12H,1-2H3,(H2,21,27,28)(H2,22,23,24,25). The van der Waals surface area contributed by atoms with Gasteiger partial charge in [0.15, 0.2) is 5.82 Å². The molecule has 4 N–H and O–H groups in total. The number of nitrogens with one attached hydrogen (secondary N) is 2. The summed E-state index contributed by atoms with van der Waals surface area (Å²) in [7, 11) is -1.80. The van der Waals surface area contributed by atoms with Crippen LogP contribution in [0.15, 0.2) is 70.6 Å². The first kappa shape index (κ1) is 20.2. The van der Waals surface area contributed by atoms with E-state index >= 15 is 0 Å². The second kappa shape index (κ2) is 7.98. The van der Waals surface area contributed by atoms with E-state index in [9.17, 15) is 8.42 Å². The summed E-state index contributed by atoms with van der Waals surface area (Å²) in [4.78, 5) is 10.4. The summed E-state index contributed by atoms with van der Waals surface area (Å²) >= 11 is 1.65. The Balaban J connectivity index is 1.72. The minimum Gasteiger partial charge on any atom is -0.346 e. The molecule has 0 aliphatic rings. The van der Waals surface area contributed by atoms with Gasteiger partial charge < -0.3 is 15.2 Å². The molecule has 10 heteroatoms. The van der Waals surface area contributed by atoms with Crippen molar-refractivity contribution >= 4 is 56.0 Å². The van der Waals surface area contributed by atoms with E-state index in [2.05, 4.69) is 20.6 Å². The van der Waals surface area contributed by atoms with Gasteiger partial charge in [0, 0.05) is 23.8 Å². The van der Waals surface area contributed by atoms with Crippen LogP contribution in [0.4, 0.5) is 23.1 Å². The zero-order chi connectivity index (χ0) is 21.3. The number of nitrogens with zero attached hydrogens (tertiary/aromatic N) is 3. The highest BCUT2D eigenvalue weighted by Gasteiger charge is 2.13. The number of primary sulfonamides is 1. The smallest absolute Gasteiger partial charge is 0.238 e. The van der Waals surface area contributed by atoms with Gasteiger partial charge in [-0.2, -0.15) is 4.98 Å². The van der Waals surface area contributed by atoms with Gasteiger partial charge in [0.1, 0.15) is 5.52 Å². The van der Waals surface area contributed by atoms with Gasteiger partial charge >= 0.3 is 0 Å². The quantitative estimate of drug-likeness (QED) is 0.390. The molecule has 0 aliphatic heterocycles. The zero-order valence-corrected chi connectivity index (χ0v) is 18.0. The maximum absolute atomic E-state index is 11.4. The van der Waals surface area contributed by atoms with Crippen molar-refractivity contribution in [1.82, 2.24) is 14.5 Å². The summed E-state index contributed by atoms with van der Waals surface area (Å²) < 4.78 is 24.8. The third-order valence-corrected chi connectivity index (χ3v) is 6.24. The normalized spacial score (nSPS) is 11.6. The Morgan fingerprint density at radius 3 is 2.43 bits per heavy atom. The highest BCUT2D eigenvalue weighted by Crippen LogP contribution is 2.31. The lowest BCUT2D eigenvalue weighted by Crippen LogP contribution is -2.11. The van der Waals surface area contributed by atoms with Gasteiger partial charge in [-0.25, -0.2) is 18.5 Å². The molecule has 2 heterocycles. The van der Waals surface area contributed by atoms with Gasteiger partial charge in [-0.05, 0) is 48.7 Å². The molecule has 0 saturated carbocycles. The molecule has 0 atom stereocenters. The third-order valence-electron chi connectivity index (χ3n) is 4.52. The van der Waals surface area contributed by atoms with E-state index < -0.39 is 10.0 Å². The van der Waals surface area contributed by atoms with Crippen LogP contribution in [0, 0.1) is 0 Å². The topological polar surface area (TPSA) is 115 Å². The summed E-state index contributed by atoms with van der Waals surface area (Å²) in [5, 5.41) is 11.7. The van der Waals surface area contributed by atoms with E-state index in [4.69, 9.17) is 5.14 Å². The molecule has 0 fully saturated rings. The highest BCUT2D eigenvalue weighted by atomic mass is 32.2. The maximum atomic E-state index is 11.4. The van der Waals surface area contributed by atoms with Gasteiger partial charge in [-0.3, -0.25) is 0 Å². The molecule has 0 unspecified atom stereocenters. The third kappa shape index (κ3) is 4.11. The van der Waals surface area contributed by atoms with Crippen LogP contribution < -0.4 is 15.8 Å². The van der Waals surface area contributed by atoms with E-state index in [1.807, 2.05) is 54.4 Å². The molecule has 30 heavy (non-hydrogen) atoms. The SMILES string of the molecule is CSc1ccccc1Nc1nc(Nc2ccc(S(N)(=O)=O)cc2)nc2ccn(C)c12. The van der Waals surface area contributed by atoms with Crippen LogP contribution in [0.3, 0.4) is 0 Å². The fourth-order valence-electron chi connectivity index (χ4n) is 3.07. The number of hydrogen-bond acceptors (Lipinski definition) is 7. The second-order valence-corrected chi connectivity index (χ2v) is 8.99. The van der Waals surface area contributed by atoms with E-state index in [0.29, 0.717) is 17.5 Å². The van der Waals surface area contributed by atoms with Crippen LogP contribution in [-0.4, -0.2) is 29.2 Å². The minimum absolute atomic E-state index is 0.0449. The average Bonchev–Trinajstić information content (AvgIpc) is 3.09. The fourth-order valence-corrected chi connectivity index (χ4v) is 4.14. The number of anilines is 4. The van der Waals surface area contributed by atoms with Gasteiger partial charge in [0.2, 0.25) is 16.0 Å². The lowest BCUT2D eigenvalue weighted by Gasteiger charge is -2.13. The van der Waals surface area contributed by atoms with Crippen molar-refractivity contribution in [3.8, 4) is 0 Å². The predicted octanol–water partition coefficient (Wildman–Crippen LogP) is 3.82. The Bertz CT molecular complexity index is 1320. The van der Waals surface area contributed by atoms with Crippen LogP contribution in [0.25, 0.3) is 11.0 Å². The van der Waals surface area contributed by atoms with Crippen molar-refractivity contribution in [2.24, 2.45) is 12.2 Å². The molecule has 4 aromatic rings. The first-order chi connectivity index (χ1) is 14.3. The highest BCUT2D eigenvalue weighted by molar-refractivity contribution is 7.98. The number of aromatic nitrogens is 3. The Labute approximate surface area is 178 Å². The molecular weight excluding hydrogens is 420 g/mol. The van der Waals surface area contributed by atoms with Gasteiger partial charge in [-0.15, -0.1) is 11.8 Å². The van der Waals surface area contributed by atoms with E-state index in [-0.39, 0.29) is 4.90 Å². The molecule has 0 saturated heterocycles. The van der Waals surface area contributed by atoms with Crippen molar-refractivity contribution in [3.63, 3.8) is 0 Å². The number of benzene rings is 2. The Hall–Kier alpha value is -3.08. The van der Waals surface area contributed by atoms with Crippen molar-refractivity contribution in [2.45, 2.75) is 9.79 Å². The number of aryl methyl sites for hydroxylation is 1. The van der Waals surface area contributed by atoms with Gasteiger partial charge in [0.25, 0.3) is 0 Å². The second-order valence-electron chi connectivity index (χ2n) is 6.58. The molecule has 4 rings (SSSR count). The molecular formula is C20H20N6O2S2. The van der Waals surface area contributed by atoms with Crippen LogP contribution in [0.1, 0.15) is 0 Å². The number of rotatable bonds is 6. The fraction of sp³-hybridized carbons (Fsp3) is 0.100. The summed E-state index contributed by atoms with van der Waals surface area (Å²) in [5.41, 5.74) is 3.25. The lowest BCUT2D eigenvalue weighted by molar-refractivity contribution is 0.598. The number of sulfonamides is 1. The monoisotopic (exact) mass is 440 g/mol. The molecule has 0 spiro atoms. The number of hydrogen-bond donors (Lipinski definition) is 3. The predicted molar refractivity (Wildman–Crippen MR) is 121 cm³/mol. The summed E-state index contributed by atoms with van der Waals surface area (Å²) in [6.07, 6.45) is 3.95. The first-order valence-electron chi connectivity index (χ1n) is 8.98. The van der Waals surface area contributed by atoms with Crippen molar-refractivity contribution in [3.05, 3.63) is 60.8 Å². The summed E-state index contributed by atoms with van der Waals surface area (Å²) in [5.74, 6) is 1.05. The van der Waals surface area contributed by atoms with Crippen LogP contribution in [0.5, 0.6) is 0 Å². The van der Waals surface area contributed by atoms with Gasteiger partial charge in [-0.1, -0.05) is 12.1 Å². The number of para-hydroxylation sites is 1. The minimum atomic E-state index is -3.74. The number of thioether (sulfide) groups is 1. The molecule has 0 bridgehead atoms. The van der Waals surface area contributed by atoms with Gasteiger partial charge in [0.05, 0.1) is 16.1 Å². The van der Waals surface area contributed by atoms with E-state index in [0.717, 1.165) is 21.6 Å². The molecule has 0 amide bonds.